The number of anilines is 1. The van der Waals surface area contributed by atoms with Crippen molar-refractivity contribution in [2.45, 2.75) is 0 Å². The Hall–Kier alpha value is -2.85. The molecule has 0 atom stereocenters. The van der Waals surface area contributed by atoms with Gasteiger partial charge in [-0.2, -0.15) is 0 Å². The zero-order chi connectivity index (χ0) is 18.0. The summed E-state index contributed by atoms with van der Waals surface area (Å²) in [6.45, 7) is 0. The van der Waals surface area contributed by atoms with Crippen molar-refractivity contribution in [3.05, 3.63) is 57.1 Å². The number of nitrogens with one attached hydrogen (secondary N) is 2. The zero-order valence-corrected chi connectivity index (χ0v) is 14.8. The highest BCUT2D eigenvalue weighted by molar-refractivity contribution is 9.10. The Bertz CT molecular complexity index is 1020. The van der Waals surface area contributed by atoms with E-state index >= 15 is 0 Å². The van der Waals surface area contributed by atoms with Gasteiger partial charge in [0.2, 0.25) is 11.0 Å². The summed E-state index contributed by atoms with van der Waals surface area (Å²) in [5.74, 6) is -0.130. The molecular formula is C15H10BrN5O3S. The number of thiocarbonyl (C=S) groups is 1. The van der Waals surface area contributed by atoms with Crippen molar-refractivity contribution in [1.82, 2.24) is 4.98 Å². The van der Waals surface area contributed by atoms with E-state index in [1.54, 1.807) is 18.2 Å². The van der Waals surface area contributed by atoms with E-state index in [0.717, 1.165) is 4.47 Å². The molecule has 0 saturated carbocycles. The molecule has 0 saturated heterocycles. The summed E-state index contributed by atoms with van der Waals surface area (Å²) in [4.78, 5) is 13.1. The normalized spacial score (nSPS) is 11.1. The first kappa shape index (κ1) is 17.0. The zero-order valence-electron chi connectivity index (χ0n) is 12.4. The van der Waals surface area contributed by atoms with E-state index < -0.39 is 4.92 Å². The fourth-order valence-corrected chi connectivity index (χ4v) is 2.70. The van der Waals surface area contributed by atoms with Crippen LogP contribution in [0.4, 0.5) is 17.1 Å². The number of azo groups is 1. The Morgan fingerprint density at radius 3 is 2.88 bits per heavy atom. The van der Waals surface area contributed by atoms with Crippen LogP contribution < -0.4 is 5.32 Å². The number of fused-ring (bicyclic) bond motifs is 1. The summed E-state index contributed by atoms with van der Waals surface area (Å²) in [7, 11) is 0. The maximum Gasteiger partial charge on any atom is 0.271 e. The van der Waals surface area contributed by atoms with Crippen molar-refractivity contribution in [3.63, 3.8) is 0 Å². The van der Waals surface area contributed by atoms with Gasteiger partial charge < -0.3 is 15.4 Å². The van der Waals surface area contributed by atoms with Crippen LogP contribution in [0.3, 0.4) is 0 Å². The van der Waals surface area contributed by atoms with Gasteiger partial charge in [0, 0.05) is 27.7 Å². The summed E-state index contributed by atoms with van der Waals surface area (Å²) >= 11 is 8.41. The summed E-state index contributed by atoms with van der Waals surface area (Å²) in [5.41, 5.74) is 1.30. The molecule has 3 aromatic rings. The van der Waals surface area contributed by atoms with Crippen LogP contribution in [-0.4, -0.2) is 20.1 Å². The number of hydrogen-bond acceptors (Lipinski definition) is 5. The molecule has 0 radical (unpaired) electrons. The van der Waals surface area contributed by atoms with E-state index in [0.29, 0.717) is 16.6 Å². The number of aromatic hydroxyl groups is 1. The minimum Gasteiger partial charge on any atom is -0.493 e. The monoisotopic (exact) mass is 419 g/mol. The minimum atomic E-state index is -0.502. The first-order valence-electron chi connectivity index (χ1n) is 6.91. The molecule has 0 amide bonds. The van der Waals surface area contributed by atoms with Gasteiger partial charge in [0.25, 0.3) is 5.69 Å². The van der Waals surface area contributed by atoms with Crippen molar-refractivity contribution < 1.29 is 10.0 Å². The highest BCUT2D eigenvalue weighted by atomic mass is 79.9. The summed E-state index contributed by atoms with van der Waals surface area (Å²) in [6, 6.07) is 11.3. The van der Waals surface area contributed by atoms with Crippen molar-refractivity contribution in [2.75, 3.05) is 5.32 Å². The lowest BCUT2D eigenvalue weighted by Gasteiger charge is -2.02. The van der Waals surface area contributed by atoms with E-state index in [1.807, 2.05) is 6.07 Å². The van der Waals surface area contributed by atoms with Crippen LogP contribution in [0, 0.1) is 10.1 Å². The quantitative estimate of drug-likeness (QED) is 0.238. The highest BCUT2D eigenvalue weighted by Gasteiger charge is 2.11. The summed E-state index contributed by atoms with van der Waals surface area (Å²) in [5, 5.41) is 32.0. The lowest BCUT2D eigenvalue weighted by atomic mass is 10.2. The second-order valence-electron chi connectivity index (χ2n) is 4.95. The second-order valence-corrected chi connectivity index (χ2v) is 6.25. The number of nitro groups is 1. The van der Waals surface area contributed by atoms with E-state index in [9.17, 15) is 15.2 Å². The molecular weight excluding hydrogens is 410 g/mol. The highest BCUT2D eigenvalue weighted by Crippen LogP contribution is 2.36. The molecule has 0 spiro atoms. The van der Waals surface area contributed by atoms with Gasteiger partial charge in [0.15, 0.2) is 5.69 Å². The molecule has 0 aliphatic rings. The molecule has 3 rings (SSSR count). The number of benzene rings is 2. The van der Waals surface area contributed by atoms with Gasteiger partial charge in [-0.25, -0.2) is 0 Å². The Kier molecular flexibility index (Phi) is 4.72. The van der Waals surface area contributed by atoms with Crippen molar-refractivity contribution in [1.29, 1.82) is 0 Å². The molecule has 0 bridgehead atoms. The number of rotatable bonds is 3. The fraction of sp³-hybridized carbons (Fsp3) is 0. The first-order valence-corrected chi connectivity index (χ1v) is 8.11. The smallest absolute Gasteiger partial charge is 0.271 e. The third-order valence-corrected chi connectivity index (χ3v) is 3.94. The Morgan fingerprint density at radius 1 is 1.32 bits per heavy atom. The van der Waals surface area contributed by atoms with Gasteiger partial charge >= 0.3 is 0 Å². The molecule has 1 heterocycles. The van der Waals surface area contributed by atoms with Gasteiger partial charge in [0.1, 0.15) is 0 Å². The Balaban J connectivity index is 1.80. The van der Waals surface area contributed by atoms with Gasteiger partial charge in [-0.3, -0.25) is 10.1 Å². The number of nitrogens with zero attached hydrogens (tertiary/aromatic N) is 3. The molecule has 1 aromatic heterocycles. The second kappa shape index (κ2) is 6.95. The summed E-state index contributed by atoms with van der Waals surface area (Å²) < 4.78 is 0.854. The molecule has 0 unspecified atom stereocenters. The molecule has 10 heteroatoms. The van der Waals surface area contributed by atoms with Crippen LogP contribution in [0.2, 0.25) is 0 Å². The fourth-order valence-electron chi connectivity index (χ4n) is 2.18. The molecule has 126 valence electrons. The molecule has 25 heavy (non-hydrogen) atoms. The third kappa shape index (κ3) is 3.80. The number of nitro benzene ring substituents is 1. The van der Waals surface area contributed by atoms with Crippen LogP contribution in [0.15, 0.2) is 57.2 Å². The van der Waals surface area contributed by atoms with E-state index in [4.69, 9.17) is 12.2 Å². The predicted molar refractivity (Wildman–Crippen MR) is 101 cm³/mol. The Labute approximate surface area is 154 Å². The predicted octanol–water partition coefficient (Wildman–Crippen LogP) is 5.02. The van der Waals surface area contributed by atoms with Gasteiger partial charge in [-0.1, -0.05) is 22.0 Å². The lowest BCUT2D eigenvalue weighted by molar-refractivity contribution is -0.384. The number of hydrogen-bond donors (Lipinski definition) is 3. The van der Waals surface area contributed by atoms with Crippen molar-refractivity contribution in [3.8, 4) is 5.88 Å². The topological polar surface area (TPSA) is 116 Å². The van der Waals surface area contributed by atoms with Crippen molar-refractivity contribution in [2.24, 2.45) is 10.2 Å². The number of aromatic nitrogens is 1. The third-order valence-electron chi connectivity index (χ3n) is 3.26. The maximum atomic E-state index is 10.8. The molecule has 8 nitrogen and oxygen atoms in total. The van der Waals surface area contributed by atoms with E-state index in [1.165, 1.54) is 18.2 Å². The van der Waals surface area contributed by atoms with Crippen LogP contribution in [0.25, 0.3) is 10.9 Å². The van der Waals surface area contributed by atoms with Gasteiger partial charge in [-0.05, 0) is 36.5 Å². The number of non-ortho nitro benzene ring substituents is 1. The standard InChI is InChI=1S/C15H10BrN5O3S/c16-8-4-5-11-12(6-8)18-14(22)13(11)19-20-15(25)17-9-2-1-3-10(7-9)21(23)24/h1-7,18,22H,(H,17,25). The van der Waals surface area contributed by atoms with Crippen LogP contribution in [0.5, 0.6) is 5.88 Å². The number of H-pyrrole nitrogens is 1. The Morgan fingerprint density at radius 2 is 2.12 bits per heavy atom. The SMILES string of the molecule is O=[N+]([O-])c1cccc(NC(=S)N=Nc2c(O)[nH]c3cc(Br)ccc23)c1. The average molecular weight is 420 g/mol. The van der Waals surface area contributed by atoms with Crippen LogP contribution in [0.1, 0.15) is 0 Å². The average Bonchev–Trinajstić information content (AvgIpc) is 2.87. The van der Waals surface area contributed by atoms with Crippen molar-refractivity contribution >= 4 is 61.2 Å². The van der Waals surface area contributed by atoms with E-state index in [2.05, 4.69) is 36.5 Å². The molecule has 2 aromatic carbocycles. The number of halogens is 1. The molecule has 0 aliphatic heterocycles. The van der Waals surface area contributed by atoms with E-state index in [-0.39, 0.29) is 22.4 Å². The van der Waals surface area contributed by atoms with Crippen LogP contribution >= 0.6 is 28.1 Å². The summed E-state index contributed by atoms with van der Waals surface area (Å²) in [6.07, 6.45) is 0. The molecule has 0 aliphatic carbocycles. The van der Waals surface area contributed by atoms with Gasteiger partial charge in [0.05, 0.1) is 10.4 Å². The number of aromatic amines is 1. The van der Waals surface area contributed by atoms with Gasteiger partial charge in [-0.15, -0.1) is 10.2 Å². The minimum absolute atomic E-state index is 0.00589. The lowest BCUT2D eigenvalue weighted by Crippen LogP contribution is -2.05. The molecule has 3 N–H and O–H groups in total. The van der Waals surface area contributed by atoms with Crippen LogP contribution in [-0.2, 0) is 0 Å². The maximum absolute atomic E-state index is 10.8. The first-order chi connectivity index (χ1) is 11.9. The largest absolute Gasteiger partial charge is 0.493 e. The molecule has 0 fully saturated rings.